The van der Waals surface area contributed by atoms with Crippen LogP contribution in [0.2, 0.25) is 0 Å². The lowest BCUT2D eigenvalue weighted by molar-refractivity contribution is -0.121. The van der Waals surface area contributed by atoms with Gasteiger partial charge in [-0.15, -0.1) is 0 Å². The number of carbonyl (C=O) groups is 4. The Morgan fingerprint density at radius 3 is 1.27 bits per heavy atom. The summed E-state index contributed by atoms with van der Waals surface area (Å²) >= 11 is 0. The van der Waals surface area contributed by atoms with E-state index in [0.29, 0.717) is 33.9 Å². The van der Waals surface area contributed by atoms with Crippen molar-refractivity contribution < 1.29 is 19.2 Å². The Kier molecular flexibility index (Phi) is 11.9. The van der Waals surface area contributed by atoms with Gasteiger partial charge in [-0.3, -0.25) is 19.2 Å². The molecule has 48 heavy (non-hydrogen) atoms. The number of carbonyl (C=O) groups excluding carboxylic acids is 4. The van der Waals surface area contributed by atoms with Crippen LogP contribution in [-0.2, 0) is 9.59 Å². The Morgan fingerprint density at radius 2 is 0.896 bits per heavy atom. The van der Waals surface area contributed by atoms with Gasteiger partial charge in [0.2, 0.25) is 11.8 Å². The Balaban J connectivity index is 1.12. The molecular formula is C38H44N6O4. The van der Waals surface area contributed by atoms with Crippen LogP contribution in [0.4, 0.5) is 11.4 Å². The molecule has 0 aliphatic heterocycles. The number of hydrogen-bond donors (Lipinski definition) is 4. The Hall–Kier alpha value is -5.12. The maximum Gasteiger partial charge on any atom is 0.271 e. The van der Waals surface area contributed by atoms with E-state index in [1.54, 1.807) is 38.1 Å². The minimum atomic E-state index is -0.424. The third-order valence-corrected chi connectivity index (χ3v) is 9.11. The highest BCUT2D eigenvalue weighted by molar-refractivity contribution is 6.04. The molecule has 10 heteroatoms. The lowest BCUT2D eigenvalue weighted by Crippen LogP contribution is -2.24. The van der Waals surface area contributed by atoms with Gasteiger partial charge in [0.05, 0.1) is 11.4 Å². The molecule has 2 aliphatic carbocycles. The first kappa shape index (κ1) is 34.2. The molecule has 4 amide bonds. The van der Waals surface area contributed by atoms with Crippen LogP contribution in [0.15, 0.2) is 83.0 Å². The number of anilines is 2. The minimum Gasteiger partial charge on any atom is -0.326 e. The quantitative estimate of drug-likeness (QED) is 0.138. The minimum absolute atomic E-state index is 0.0510. The van der Waals surface area contributed by atoms with Gasteiger partial charge in [0.15, 0.2) is 0 Å². The predicted octanol–water partition coefficient (Wildman–Crippen LogP) is 7.03. The highest BCUT2D eigenvalue weighted by atomic mass is 16.2. The van der Waals surface area contributed by atoms with E-state index in [-0.39, 0.29) is 23.7 Å². The van der Waals surface area contributed by atoms with Crippen molar-refractivity contribution in [3.05, 3.63) is 95.1 Å². The van der Waals surface area contributed by atoms with Crippen LogP contribution in [-0.4, -0.2) is 35.1 Å². The first-order chi connectivity index (χ1) is 23.3. The maximum absolute atomic E-state index is 12.8. The third kappa shape index (κ3) is 9.47. The van der Waals surface area contributed by atoms with Gasteiger partial charge in [-0.1, -0.05) is 62.8 Å². The first-order valence-electron chi connectivity index (χ1n) is 16.9. The second kappa shape index (κ2) is 16.6. The molecule has 10 nitrogen and oxygen atoms in total. The van der Waals surface area contributed by atoms with Crippen molar-refractivity contribution in [3.8, 4) is 0 Å². The lowest BCUT2D eigenvalue weighted by Gasteiger charge is -2.20. The summed E-state index contributed by atoms with van der Waals surface area (Å²) in [6.45, 7) is 3.56. The molecule has 0 saturated heterocycles. The standard InChI is InChI=1S/C38H44N6O4/c1-25(31-15-9-17-33(23-31)39-35(45)27-11-5-3-6-12-27)41-43-37(47)29-19-21-30(22-20-29)38(48)44-42-26(2)32-16-10-18-34(24-32)40-36(46)28-13-7-4-8-14-28/h9-10,15-24,27-28H,3-8,11-14H2,1-2H3,(H,39,45)(H,40,46)(H,43,47)(H,44,48). The molecule has 4 N–H and O–H groups in total. The summed E-state index contributed by atoms with van der Waals surface area (Å²) < 4.78 is 0. The Labute approximate surface area is 281 Å². The molecule has 0 atom stereocenters. The van der Waals surface area contributed by atoms with Gasteiger partial charge in [0.1, 0.15) is 0 Å². The number of hydrogen-bond acceptors (Lipinski definition) is 6. The van der Waals surface area contributed by atoms with Crippen LogP contribution >= 0.6 is 0 Å². The molecule has 250 valence electrons. The zero-order chi connectivity index (χ0) is 33.9. The van der Waals surface area contributed by atoms with Crippen molar-refractivity contribution in [2.75, 3.05) is 10.6 Å². The van der Waals surface area contributed by atoms with Crippen LogP contribution in [0, 0.1) is 11.8 Å². The van der Waals surface area contributed by atoms with E-state index in [9.17, 15) is 19.2 Å². The topological polar surface area (TPSA) is 141 Å². The van der Waals surface area contributed by atoms with Crippen molar-refractivity contribution >= 4 is 46.4 Å². The molecule has 3 aromatic carbocycles. The van der Waals surface area contributed by atoms with Gasteiger partial charge in [-0.2, -0.15) is 10.2 Å². The number of rotatable bonds is 10. The highest BCUT2D eigenvalue weighted by Gasteiger charge is 2.22. The first-order valence-corrected chi connectivity index (χ1v) is 16.9. The SMILES string of the molecule is CC(=NNC(=O)c1ccc(C(=O)NN=C(C)c2cccc(NC(=O)C3CCCCC3)c2)cc1)c1cccc(NC(=O)C2CCCCC2)c1. The second-order valence-corrected chi connectivity index (χ2v) is 12.7. The molecule has 3 aromatic rings. The summed E-state index contributed by atoms with van der Waals surface area (Å²) in [4.78, 5) is 50.9. The molecule has 0 spiro atoms. The van der Waals surface area contributed by atoms with E-state index in [1.807, 2.05) is 48.5 Å². The second-order valence-electron chi connectivity index (χ2n) is 12.7. The molecule has 2 saturated carbocycles. The van der Waals surface area contributed by atoms with Crippen molar-refractivity contribution in [2.45, 2.75) is 78.1 Å². The Morgan fingerprint density at radius 1 is 0.521 bits per heavy atom. The lowest BCUT2D eigenvalue weighted by atomic mass is 9.88. The molecule has 2 fully saturated rings. The van der Waals surface area contributed by atoms with Crippen LogP contribution in [0.25, 0.3) is 0 Å². The van der Waals surface area contributed by atoms with E-state index in [0.717, 1.165) is 62.5 Å². The van der Waals surface area contributed by atoms with Gasteiger partial charge in [0.25, 0.3) is 11.8 Å². The summed E-state index contributed by atoms with van der Waals surface area (Å²) in [5.74, 6) is -0.633. The van der Waals surface area contributed by atoms with Crippen LogP contribution in [0.5, 0.6) is 0 Å². The van der Waals surface area contributed by atoms with Crippen LogP contribution in [0.3, 0.4) is 0 Å². The van der Waals surface area contributed by atoms with Crippen LogP contribution in [0.1, 0.15) is 110 Å². The third-order valence-electron chi connectivity index (χ3n) is 9.11. The normalized spacial score (nSPS) is 16.1. The number of benzene rings is 3. The fourth-order valence-electron chi connectivity index (χ4n) is 6.16. The Bertz CT molecular complexity index is 1560. The van der Waals surface area contributed by atoms with Crippen molar-refractivity contribution in [2.24, 2.45) is 22.0 Å². The summed E-state index contributed by atoms with van der Waals surface area (Å²) in [7, 11) is 0. The van der Waals surface area contributed by atoms with Gasteiger partial charge >= 0.3 is 0 Å². The van der Waals surface area contributed by atoms with Gasteiger partial charge in [-0.05, 0) is 99.2 Å². The summed E-state index contributed by atoms with van der Waals surface area (Å²) in [6, 6.07) is 21.0. The average molecular weight is 649 g/mol. The molecule has 0 bridgehead atoms. The summed E-state index contributed by atoms with van der Waals surface area (Å²) in [5.41, 5.74) is 9.91. The van der Waals surface area contributed by atoms with E-state index in [2.05, 4.69) is 31.7 Å². The van der Waals surface area contributed by atoms with E-state index in [4.69, 9.17) is 0 Å². The zero-order valence-electron chi connectivity index (χ0n) is 27.7. The fraction of sp³-hybridized carbons (Fsp3) is 0.368. The highest BCUT2D eigenvalue weighted by Crippen LogP contribution is 2.26. The molecule has 2 aliphatic rings. The van der Waals surface area contributed by atoms with Crippen molar-refractivity contribution in [1.82, 2.24) is 10.9 Å². The van der Waals surface area contributed by atoms with Crippen molar-refractivity contribution in [1.29, 1.82) is 0 Å². The van der Waals surface area contributed by atoms with E-state index < -0.39 is 11.8 Å². The largest absolute Gasteiger partial charge is 0.326 e. The van der Waals surface area contributed by atoms with E-state index >= 15 is 0 Å². The van der Waals surface area contributed by atoms with E-state index in [1.165, 1.54) is 12.8 Å². The fourth-order valence-corrected chi connectivity index (χ4v) is 6.16. The predicted molar refractivity (Wildman–Crippen MR) is 189 cm³/mol. The molecule has 0 radical (unpaired) electrons. The van der Waals surface area contributed by atoms with Crippen LogP contribution < -0.4 is 21.5 Å². The molecule has 0 heterocycles. The summed E-state index contributed by atoms with van der Waals surface area (Å²) in [5, 5.41) is 14.5. The monoisotopic (exact) mass is 648 g/mol. The zero-order valence-corrected chi connectivity index (χ0v) is 27.7. The van der Waals surface area contributed by atoms with Gasteiger partial charge < -0.3 is 10.6 Å². The number of nitrogens with one attached hydrogen (secondary N) is 4. The number of amides is 4. The number of hydrazone groups is 2. The average Bonchev–Trinajstić information content (AvgIpc) is 3.13. The van der Waals surface area contributed by atoms with Crippen molar-refractivity contribution in [3.63, 3.8) is 0 Å². The molecule has 5 rings (SSSR count). The maximum atomic E-state index is 12.8. The smallest absolute Gasteiger partial charge is 0.271 e. The van der Waals surface area contributed by atoms with Gasteiger partial charge in [0, 0.05) is 34.3 Å². The molecule has 0 aromatic heterocycles. The van der Waals surface area contributed by atoms with Gasteiger partial charge in [-0.25, -0.2) is 10.9 Å². The summed E-state index contributed by atoms with van der Waals surface area (Å²) in [6.07, 6.45) is 10.4. The number of nitrogens with zero attached hydrogens (tertiary/aromatic N) is 2. The molecular weight excluding hydrogens is 604 g/mol. The molecule has 0 unspecified atom stereocenters.